The maximum atomic E-state index is 12.8. The Kier molecular flexibility index (Phi) is 7.77. The van der Waals surface area contributed by atoms with Crippen LogP contribution < -0.4 is 0 Å². The second-order valence-electron chi connectivity index (χ2n) is 7.45. The molecule has 0 aliphatic heterocycles. The molecule has 0 aromatic heterocycles. The number of carbonyl (C=O) groups excluding carboxylic acids is 1. The van der Waals surface area contributed by atoms with E-state index in [0.717, 1.165) is 12.1 Å². The van der Waals surface area contributed by atoms with Crippen LogP contribution >= 0.6 is 0 Å². The Morgan fingerprint density at radius 2 is 1.33 bits per heavy atom. The van der Waals surface area contributed by atoms with Crippen molar-refractivity contribution in [2.24, 2.45) is 0 Å². The summed E-state index contributed by atoms with van der Waals surface area (Å²) >= 11 is 0. The van der Waals surface area contributed by atoms with Crippen molar-refractivity contribution < 1.29 is 9.63 Å². The van der Waals surface area contributed by atoms with Crippen molar-refractivity contribution in [1.29, 1.82) is 0 Å². The molecule has 0 aliphatic carbocycles. The van der Waals surface area contributed by atoms with Crippen molar-refractivity contribution in [3.05, 3.63) is 108 Å². The van der Waals surface area contributed by atoms with Gasteiger partial charge in [-0.15, -0.1) is 0 Å². The summed E-state index contributed by atoms with van der Waals surface area (Å²) in [4.78, 5) is 20.4. The van der Waals surface area contributed by atoms with Crippen LogP contribution in [0.1, 0.15) is 42.1 Å². The maximum Gasteiger partial charge on any atom is 0.247 e. The number of rotatable bonds is 9. The fourth-order valence-corrected chi connectivity index (χ4v) is 3.73. The average Bonchev–Trinajstić information content (AvgIpc) is 2.82. The van der Waals surface area contributed by atoms with Gasteiger partial charge in [0, 0.05) is 32.1 Å². The second kappa shape index (κ2) is 10.7. The molecule has 4 heteroatoms. The molecule has 0 spiro atoms. The highest BCUT2D eigenvalue weighted by Crippen LogP contribution is 2.35. The molecule has 3 aromatic rings. The molecular formula is C26H30N2O2. The zero-order chi connectivity index (χ0) is 21.3. The number of amides is 1. The summed E-state index contributed by atoms with van der Waals surface area (Å²) in [5, 5.41) is 1.31. The normalized spacial score (nSPS) is 13.1. The van der Waals surface area contributed by atoms with Gasteiger partial charge in [0.05, 0.1) is 7.11 Å². The highest BCUT2D eigenvalue weighted by Gasteiger charge is 2.29. The predicted molar refractivity (Wildman–Crippen MR) is 120 cm³/mol. The van der Waals surface area contributed by atoms with Crippen LogP contribution in [0.5, 0.6) is 0 Å². The maximum absolute atomic E-state index is 12.8. The molecule has 1 amide bonds. The molecule has 0 fully saturated rings. The Bertz CT molecular complexity index is 900. The van der Waals surface area contributed by atoms with Crippen LogP contribution in [0.2, 0.25) is 0 Å². The smallest absolute Gasteiger partial charge is 0.247 e. The predicted octanol–water partition coefficient (Wildman–Crippen LogP) is 5.40. The lowest BCUT2D eigenvalue weighted by Crippen LogP contribution is -2.36. The lowest BCUT2D eigenvalue weighted by atomic mass is 9.96. The molecule has 2 atom stereocenters. The van der Waals surface area contributed by atoms with E-state index in [2.05, 4.69) is 72.5 Å². The molecule has 0 bridgehead atoms. The summed E-state index contributed by atoms with van der Waals surface area (Å²) in [7, 11) is 3.18. The number of benzene rings is 3. The van der Waals surface area contributed by atoms with Crippen molar-refractivity contribution in [3.63, 3.8) is 0 Å². The van der Waals surface area contributed by atoms with Gasteiger partial charge in [0.1, 0.15) is 0 Å². The van der Waals surface area contributed by atoms with Crippen molar-refractivity contribution in [3.8, 4) is 0 Å². The first-order valence-corrected chi connectivity index (χ1v) is 10.3. The minimum atomic E-state index is -0.0910. The SMILES string of the molecule is CON(C)C(=O)CC(c1ccccc1)N(Cc1ccccc1)[C@H](C)c1ccccc1. The zero-order valence-electron chi connectivity index (χ0n) is 17.9. The third kappa shape index (κ3) is 5.56. The number of carbonyl (C=O) groups is 1. The first kappa shape index (κ1) is 21.8. The van der Waals surface area contributed by atoms with E-state index in [1.54, 1.807) is 7.05 Å². The summed E-state index contributed by atoms with van der Waals surface area (Å²) in [5.74, 6) is -0.0512. The molecule has 1 unspecified atom stereocenters. The van der Waals surface area contributed by atoms with E-state index in [9.17, 15) is 4.79 Å². The van der Waals surface area contributed by atoms with E-state index < -0.39 is 0 Å². The summed E-state index contributed by atoms with van der Waals surface area (Å²) in [6.45, 7) is 2.94. The fourth-order valence-electron chi connectivity index (χ4n) is 3.73. The Balaban J connectivity index is 2.01. The summed E-state index contributed by atoms with van der Waals surface area (Å²) in [5.41, 5.74) is 3.56. The molecule has 0 aliphatic rings. The van der Waals surface area contributed by atoms with Gasteiger partial charge >= 0.3 is 0 Å². The quantitative estimate of drug-likeness (QED) is 0.449. The van der Waals surface area contributed by atoms with Crippen LogP contribution in [0.25, 0.3) is 0 Å². The van der Waals surface area contributed by atoms with Crippen molar-refractivity contribution in [2.45, 2.75) is 32.0 Å². The summed E-state index contributed by atoms with van der Waals surface area (Å²) < 4.78 is 0. The Morgan fingerprint density at radius 3 is 1.87 bits per heavy atom. The van der Waals surface area contributed by atoms with E-state index in [0.29, 0.717) is 6.42 Å². The number of hydroxylamine groups is 2. The van der Waals surface area contributed by atoms with Gasteiger partial charge < -0.3 is 0 Å². The van der Waals surface area contributed by atoms with Gasteiger partial charge in [0.15, 0.2) is 0 Å². The van der Waals surface area contributed by atoms with Crippen molar-refractivity contribution >= 4 is 5.91 Å². The third-order valence-corrected chi connectivity index (χ3v) is 5.57. The summed E-state index contributed by atoms with van der Waals surface area (Å²) in [6, 6.07) is 31.2. The van der Waals surface area contributed by atoms with Gasteiger partial charge in [0.2, 0.25) is 5.91 Å². The van der Waals surface area contributed by atoms with Crippen LogP contribution in [0.15, 0.2) is 91.0 Å². The molecule has 0 N–H and O–H groups in total. The fraction of sp³-hybridized carbons (Fsp3) is 0.269. The Morgan fingerprint density at radius 1 is 0.833 bits per heavy atom. The molecule has 3 aromatic carbocycles. The average molecular weight is 403 g/mol. The monoisotopic (exact) mass is 402 g/mol. The van der Waals surface area contributed by atoms with E-state index in [1.807, 2.05) is 30.3 Å². The van der Waals surface area contributed by atoms with Gasteiger partial charge in [-0.05, 0) is 23.6 Å². The molecule has 0 heterocycles. The first-order valence-electron chi connectivity index (χ1n) is 10.3. The standard InChI is InChI=1S/C26H30N2O2/c1-21(23-15-9-5-10-16-23)28(20-22-13-7-4-8-14-22)25(19-26(29)27(2)30-3)24-17-11-6-12-18-24/h4-18,21,25H,19-20H2,1-3H3/t21-,25?/m1/s1. The first-order chi connectivity index (χ1) is 14.6. The van der Waals surface area contributed by atoms with E-state index in [1.165, 1.54) is 23.3 Å². The molecular weight excluding hydrogens is 372 g/mol. The molecule has 4 nitrogen and oxygen atoms in total. The zero-order valence-corrected chi connectivity index (χ0v) is 17.9. The number of hydrogen-bond donors (Lipinski definition) is 0. The Labute approximate surface area is 179 Å². The van der Waals surface area contributed by atoms with Crippen LogP contribution in [0, 0.1) is 0 Å². The van der Waals surface area contributed by atoms with E-state index >= 15 is 0 Å². The molecule has 0 radical (unpaired) electrons. The van der Waals surface area contributed by atoms with Crippen LogP contribution in [-0.2, 0) is 16.2 Å². The van der Waals surface area contributed by atoms with Crippen LogP contribution in [0.4, 0.5) is 0 Å². The van der Waals surface area contributed by atoms with Crippen molar-refractivity contribution in [2.75, 3.05) is 14.2 Å². The van der Waals surface area contributed by atoms with E-state index in [4.69, 9.17) is 4.84 Å². The lowest BCUT2D eigenvalue weighted by Gasteiger charge is -2.37. The van der Waals surface area contributed by atoms with Gasteiger partial charge in [-0.1, -0.05) is 91.0 Å². The van der Waals surface area contributed by atoms with Gasteiger partial charge in [-0.25, -0.2) is 5.06 Å². The van der Waals surface area contributed by atoms with Crippen LogP contribution in [-0.4, -0.2) is 30.0 Å². The molecule has 0 saturated carbocycles. The lowest BCUT2D eigenvalue weighted by molar-refractivity contribution is -0.170. The minimum Gasteiger partial charge on any atom is -0.285 e. The molecule has 30 heavy (non-hydrogen) atoms. The Hall–Kier alpha value is -2.95. The van der Waals surface area contributed by atoms with E-state index in [-0.39, 0.29) is 18.0 Å². The third-order valence-electron chi connectivity index (χ3n) is 5.57. The topological polar surface area (TPSA) is 32.8 Å². The number of nitrogens with zero attached hydrogens (tertiary/aromatic N) is 2. The molecule has 3 rings (SSSR count). The van der Waals surface area contributed by atoms with Gasteiger partial charge in [-0.2, -0.15) is 0 Å². The van der Waals surface area contributed by atoms with Crippen LogP contribution in [0.3, 0.4) is 0 Å². The largest absolute Gasteiger partial charge is 0.285 e. The van der Waals surface area contributed by atoms with Crippen molar-refractivity contribution in [1.82, 2.24) is 9.96 Å². The second-order valence-corrected chi connectivity index (χ2v) is 7.45. The highest BCUT2D eigenvalue weighted by atomic mass is 16.7. The summed E-state index contributed by atoms with van der Waals surface area (Å²) in [6.07, 6.45) is 0.332. The number of hydrogen-bond acceptors (Lipinski definition) is 3. The highest BCUT2D eigenvalue weighted by molar-refractivity contribution is 5.75. The van der Waals surface area contributed by atoms with Gasteiger partial charge in [-0.3, -0.25) is 14.5 Å². The minimum absolute atomic E-state index is 0.0512. The molecule has 156 valence electrons. The molecule has 0 saturated heterocycles. The van der Waals surface area contributed by atoms with Gasteiger partial charge in [0.25, 0.3) is 0 Å².